The van der Waals surface area contributed by atoms with Crippen LogP contribution in [0.3, 0.4) is 0 Å². The molecule has 0 bridgehead atoms. The molecule has 7 heteroatoms. The van der Waals surface area contributed by atoms with Gasteiger partial charge in [0.2, 0.25) is 11.8 Å². The van der Waals surface area contributed by atoms with Gasteiger partial charge in [-0.1, -0.05) is 24.0 Å². The van der Waals surface area contributed by atoms with Gasteiger partial charge >= 0.3 is 0 Å². The second-order valence-electron chi connectivity index (χ2n) is 5.68. The summed E-state index contributed by atoms with van der Waals surface area (Å²) in [4.78, 5) is 27.4. The summed E-state index contributed by atoms with van der Waals surface area (Å²) in [5.41, 5.74) is 1.93. The van der Waals surface area contributed by atoms with E-state index in [0.717, 1.165) is 18.8 Å². The lowest BCUT2D eigenvalue weighted by molar-refractivity contribution is -0.127. The van der Waals surface area contributed by atoms with Crippen LogP contribution in [-0.4, -0.2) is 46.4 Å². The van der Waals surface area contributed by atoms with Crippen molar-refractivity contribution in [3.63, 3.8) is 0 Å². The lowest BCUT2D eigenvalue weighted by atomic mass is 10.1. The fourth-order valence-electron chi connectivity index (χ4n) is 2.79. The minimum absolute atomic E-state index is 0.0153. The smallest absolute Gasteiger partial charge is 0.244 e. The van der Waals surface area contributed by atoms with Crippen molar-refractivity contribution in [2.45, 2.75) is 19.3 Å². The SMILES string of the molecule is O=C(CN1C(=O)CSC1=S)Nc1ccc(N2CCCCC2)cc1. The zero-order chi connectivity index (χ0) is 16.2. The van der Waals surface area contributed by atoms with Crippen molar-refractivity contribution >= 4 is 51.5 Å². The number of carbonyl (C=O) groups excluding carboxylic acids is 2. The highest BCUT2D eigenvalue weighted by Crippen LogP contribution is 2.22. The van der Waals surface area contributed by atoms with Crippen LogP contribution in [0.1, 0.15) is 19.3 Å². The summed E-state index contributed by atoms with van der Waals surface area (Å²) in [6.45, 7) is 2.17. The Hall–Kier alpha value is -1.60. The molecule has 122 valence electrons. The van der Waals surface area contributed by atoms with E-state index in [4.69, 9.17) is 12.2 Å². The van der Waals surface area contributed by atoms with Crippen LogP contribution in [0.5, 0.6) is 0 Å². The summed E-state index contributed by atoms with van der Waals surface area (Å²) in [6, 6.07) is 7.87. The molecule has 23 heavy (non-hydrogen) atoms. The van der Waals surface area contributed by atoms with E-state index >= 15 is 0 Å². The molecule has 3 rings (SSSR count). The highest BCUT2D eigenvalue weighted by atomic mass is 32.2. The summed E-state index contributed by atoms with van der Waals surface area (Å²) >= 11 is 6.37. The van der Waals surface area contributed by atoms with Crippen molar-refractivity contribution in [1.29, 1.82) is 0 Å². The van der Waals surface area contributed by atoms with Crippen molar-refractivity contribution in [1.82, 2.24) is 4.90 Å². The molecule has 2 saturated heterocycles. The predicted molar refractivity (Wildman–Crippen MR) is 97.9 cm³/mol. The van der Waals surface area contributed by atoms with Crippen molar-refractivity contribution in [3.05, 3.63) is 24.3 Å². The first-order valence-corrected chi connectivity index (χ1v) is 9.15. The van der Waals surface area contributed by atoms with Crippen LogP contribution in [0.4, 0.5) is 11.4 Å². The second kappa shape index (κ2) is 7.31. The van der Waals surface area contributed by atoms with Crippen molar-refractivity contribution in [2.24, 2.45) is 0 Å². The molecule has 0 aromatic heterocycles. The van der Waals surface area contributed by atoms with Gasteiger partial charge in [-0.05, 0) is 43.5 Å². The second-order valence-corrected chi connectivity index (χ2v) is 7.29. The zero-order valence-electron chi connectivity index (χ0n) is 12.8. The predicted octanol–water partition coefficient (Wildman–Crippen LogP) is 2.48. The number of piperidine rings is 1. The third kappa shape index (κ3) is 4.03. The molecule has 0 aliphatic carbocycles. The molecule has 2 fully saturated rings. The molecule has 0 radical (unpaired) electrons. The van der Waals surface area contributed by atoms with Gasteiger partial charge in [-0.3, -0.25) is 14.5 Å². The van der Waals surface area contributed by atoms with E-state index in [2.05, 4.69) is 10.2 Å². The number of nitrogens with one attached hydrogen (secondary N) is 1. The molecule has 5 nitrogen and oxygen atoms in total. The molecule has 0 saturated carbocycles. The summed E-state index contributed by atoms with van der Waals surface area (Å²) < 4.78 is 0.477. The Kier molecular flexibility index (Phi) is 5.17. The van der Waals surface area contributed by atoms with Crippen LogP contribution in [-0.2, 0) is 9.59 Å². The summed E-state index contributed by atoms with van der Waals surface area (Å²) in [5.74, 6) is 0.000856. The van der Waals surface area contributed by atoms with Crippen LogP contribution in [0.2, 0.25) is 0 Å². The molecule has 2 aliphatic rings. The van der Waals surface area contributed by atoms with E-state index in [1.807, 2.05) is 24.3 Å². The van der Waals surface area contributed by atoms with Gasteiger partial charge < -0.3 is 10.2 Å². The van der Waals surface area contributed by atoms with Gasteiger partial charge in [0.1, 0.15) is 10.9 Å². The van der Waals surface area contributed by atoms with E-state index in [1.54, 1.807) is 0 Å². The third-order valence-corrected chi connectivity index (χ3v) is 5.45. The molecule has 0 unspecified atom stereocenters. The minimum atomic E-state index is -0.228. The van der Waals surface area contributed by atoms with E-state index in [9.17, 15) is 9.59 Å². The van der Waals surface area contributed by atoms with E-state index in [-0.39, 0.29) is 18.4 Å². The number of hydrogen-bond donors (Lipinski definition) is 1. The van der Waals surface area contributed by atoms with Crippen molar-refractivity contribution in [2.75, 3.05) is 35.6 Å². The molecule has 0 spiro atoms. The van der Waals surface area contributed by atoms with E-state index in [1.165, 1.54) is 41.6 Å². The first kappa shape index (κ1) is 16.3. The Bertz CT molecular complexity index is 596. The van der Waals surface area contributed by atoms with Crippen LogP contribution in [0.25, 0.3) is 0 Å². The van der Waals surface area contributed by atoms with Gasteiger partial charge in [0.05, 0.1) is 5.75 Å². The lowest BCUT2D eigenvalue weighted by Gasteiger charge is -2.28. The van der Waals surface area contributed by atoms with Crippen molar-refractivity contribution in [3.8, 4) is 0 Å². The Balaban J connectivity index is 1.56. The number of rotatable bonds is 4. The standard InChI is InChI=1S/C16H19N3O2S2/c20-14(10-19-15(21)11-23-16(19)22)17-12-4-6-13(7-5-12)18-8-2-1-3-9-18/h4-7H,1-3,8-11H2,(H,17,20). The topological polar surface area (TPSA) is 52.7 Å². The average Bonchev–Trinajstić information content (AvgIpc) is 2.88. The maximum atomic E-state index is 12.1. The van der Waals surface area contributed by atoms with Gasteiger partial charge in [0, 0.05) is 24.5 Å². The maximum absolute atomic E-state index is 12.1. The number of carbonyl (C=O) groups is 2. The largest absolute Gasteiger partial charge is 0.372 e. The van der Waals surface area contributed by atoms with Gasteiger partial charge in [-0.2, -0.15) is 0 Å². The molecule has 0 atom stereocenters. The summed E-state index contributed by atoms with van der Waals surface area (Å²) in [6.07, 6.45) is 3.78. The minimum Gasteiger partial charge on any atom is -0.372 e. The summed E-state index contributed by atoms with van der Waals surface area (Å²) in [7, 11) is 0. The highest BCUT2D eigenvalue weighted by Gasteiger charge is 2.28. The molecule has 1 aromatic carbocycles. The van der Waals surface area contributed by atoms with E-state index < -0.39 is 0 Å². The Morgan fingerprint density at radius 1 is 1.17 bits per heavy atom. The Morgan fingerprint density at radius 3 is 2.48 bits per heavy atom. The number of nitrogens with zero attached hydrogens (tertiary/aromatic N) is 2. The molecule has 2 heterocycles. The third-order valence-electron chi connectivity index (χ3n) is 4.01. The quantitative estimate of drug-likeness (QED) is 0.847. The number of benzene rings is 1. The lowest BCUT2D eigenvalue weighted by Crippen LogP contribution is -2.36. The fraction of sp³-hybridized carbons (Fsp3) is 0.438. The number of thiocarbonyl (C=S) groups is 1. The highest BCUT2D eigenvalue weighted by molar-refractivity contribution is 8.23. The van der Waals surface area contributed by atoms with Crippen molar-refractivity contribution < 1.29 is 9.59 Å². The molecule has 1 N–H and O–H groups in total. The summed E-state index contributed by atoms with van der Waals surface area (Å²) in [5, 5.41) is 2.82. The van der Waals surface area contributed by atoms with Gasteiger partial charge in [0.25, 0.3) is 0 Å². The molecule has 2 amide bonds. The normalized spacial score (nSPS) is 18.4. The number of thioether (sulfide) groups is 1. The van der Waals surface area contributed by atoms with Crippen LogP contribution < -0.4 is 10.2 Å². The van der Waals surface area contributed by atoms with Crippen LogP contribution in [0.15, 0.2) is 24.3 Å². The monoisotopic (exact) mass is 349 g/mol. The maximum Gasteiger partial charge on any atom is 0.244 e. The molecule has 1 aromatic rings. The van der Waals surface area contributed by atoms with Crippen LogP contribution in [0, 0.1) is 0 Å². The fourth-order valence-corrected chi connectivity index (χ4v) is 3.85. The zero-order valence-corrected chi connectivity index (χ0v) is 14.4. The van der Waals surface area contributed by atoms with Crippen LogP contribution >= 0.6 is 24.0 Å². The Morgan fingerprint density at radius 2 is 1.87 bits per heavy atom. The first-order chi connectivity index (χ1) is 11.1. The first-order valence-electron chi connectivity index (χ1n) is 7.75. The number of hydrogen-bond acceptors (Lipinski definition) is 5. The molecule has 2 aliphatic heterocycles. The van der Waals surface area contributed by atoms with Gasteiger partial charge in [0.15, 0.2) is 0 Å². The van der Waals surface area contributed by atoms with E-state index in [0.29, 0.717) is 10.1 Å². The number of amides is 2. The van der Waals surface area contributed by atoms with Gasteiger partial charge in [-0.25, -0.2) is 0 Å². The van der Waals surface area contributed by atoms with Gasteiger partial charge in [-0.15, -0.1) is 0 Å². The Labute approximate surface area is 145 Å². The number of anilines is 2. The molecular weight excluding hydrogens is 330 g/mol. The molecular formula is C16H19N3O2S2. The average molecular weight is 349 g/mol.